The molecule has 26 heavy (non-hydrogen) atoms. The molecular weight excluding hydrogens is 366 g/mol. The van der Waals surface area contributed by atoms with Crippen molar-refractivity contribution in [3.63, 3.8) is 0 Å². The van der Waals surface area contributed by atoms with Crippen molar-refractivity contribution in [2.45, 2.75) is 13.0 Å². The van der Waals surface area contributed by atoms with Crippen LogP contribution in [0.2, 0.25) is 5.02 Å². The molecule has 4 rings (SSSR count). The molecule has 0 atom stereocenters. The van der Waals surface area contributed by atoms with E-state index in [1.165, 1.54) is 12.3 Å². The Labute approximate surface area is 152 Å². The van der Waals surface area contributed by atoms with Gasteiger partial charge in [-0.1, -0.05) is 23.7 Å². The minimum atomic E-state index is -3.01. The maximum absolute atomic E-state index is 12.7. The number of rotatable bonds is 4. The number of halogens is 3. The average molecular weight is 379 g/mol. The molecule has 9 heteroatoms. The highest BCUT2D eigenvalue weighted by Crippen LogP contribution is 2.36. The number of fused-ring (bicyclic) bond motifs is 1. The molecule has 1 aliphatic heterocycles. The van der Waals surface area contributed by atoms with E-state index in [1.54, 1.807) is 11.6 Å². The molecule has 1 aliphatic rings. The van der Waals surface area contributed by atoms with Crippen LogP contribution in [-0.4, -0.2) is 33.0 Å². The summed E-state index contributed by atoms with van der Waals surface area (Å²) in [5.74, 6) is 1.47. The Morgan fingerprint density at radius 3 is 2.77 bits per heavy atom. The lowest BCUT2D eigenvalue weighted by Gasteiger charge is -2.10. The molecule has 0 saturated carbocycles. The van der Waals surface area contributed by atoms with Crippen molar-refractivity contribution in [3.8, 4) is 34.4 Å². The number of hydrogen-bond acceptors (Lipinski definition) is 5. The normalized spacial score (nSPS) is 13.0. The van der Waals surface area contributed by atoms with Crippen LogP contribution in [0.25, 0.3) is 22.8 Å². The molecule has 0 radical (unpaired) electrons. The van der Waals surface area contributed by atoms with Gasteiger partial charge in [0.1, 0.15) is 5.75 Å². The van der Waals surface area contributed by atoms with Gasteiger partial charge >= 0.3 is 6.61 Å². The minimum Gasteiger partial charge on any atom is -0.493 e. The third-order valence-electron chi connectivity index (χ3n) is 4.12. The fraction of sp³-hybridized carbons (Fsp3) is 0.235. The molecule has 0 bridgehead atoms. The van der Waals surface area contributed by atoms with Gasteiger partial charge in [0.2, 0.25) is 5.88 Å². The van der Waals surface area contributed by atoms with Crippen molar-refractivity contribution in [1.82, 2.24) is 19.7 Å². The zero-order valence-corrected chi connectivity index (χ0v) is 14.4. The van der Waals surface area contributed by atoms with E-state index in [2.05, 4.69) is 19.9 Å². The molecule has 3 heterocycles. The van der Waals surface area contributed by atoms with Crippen LogP contribution in [0.4, 0.5) is 8.78 Å². The summed E-state index contributed by atoms with van der Waals surface area (Å²) in [7, 11) is 1.74. The Hall–Kier alpha value is -2.74. The molecule has 0 fully saturated rings. The molecule has 134 valence electrons. The molecule has 0 spiro atoms. The number of alkyl halides is 2. The van der Waals surface area contributed by atoms with Gasteiger partial charge in [0.15, 0.2) is 11.6 Å². The van der Waals surface area contributed by atoms with E-state index in [0.29, 0.717) is 18.3 Å². The van der Waals surface area contributed by atoms with Crippen molar-refractivity contribution in [1.29, 1.82) is 0 Å². The van der Waals surface area contributed by atoms with Gasteiger partial charge in [0.25, 0.3) is 0 Å². The lowest BCUT2D eigenvalue weighted by atomic mass is 10.0. The van der Waals surface area contributed by atoms with Crippen LogP contribution in [0.3, 0.4) is 0 Å². The molecule has 0 amide bonds. The molecule has 0 unspecified atom stereocenters. The molecule has 0 saturated heterocycles. The van der Waals surface area contributed by atoms with Crippen LogP contribution in [0.5, 0.6) is 11.6 Å². The third kappa shape index (κ3) is 2.86. The quantitative estimate of drug-likeness (QED) is 0.692. The number of pyridine rings is 1. The summed E-state index contributed by atoms with van der Waals surface area (Å²) < 4.78 is 37.1. The van der Waals surface area contributed by atoms with E-state index in [0.717, 1.165) is 23.3 Å². The topological polar surface area (TPSA) is 62.1 Å². The van der Waals surface area contributed by atoms with Crippen LogP contribution in [0.15, 0.2) is 30.5 Å². The first kappa shape index (κ1) is 16.7. The van der Waals surface area contributed by atoms with Crippen molar-refractivity contribution in [2.75, 3.05) is 6.61 Å². The van der Waals surface area contributed by atoms with Gasteiger partial charge in [-0.25, -0.2) is 4.98 Å². The maximum atomic E-state index is 12.7. The van der Waals surface area contributed by atoms with Crippen LogP contribution in [0.1, 0.15) is 5.56 Å². The first-order valence-electron chi connectivity index (χ1n) is 7.80. The van der Waals surface area contributed by atoms with Crippen molar-refractivity contribution in [2.24, 2.45) is 7.05 Å². The van der Waals surface area contributed by atoms with E-state index in [9.17, 15) is 8.78 Å². The lowest BCUT2D eigenvalue weighted by molar-refractivity contribution is -0.0524. The average Bonchev–Trinajstić information content (AvgIpc) is 3.22. The third-order valence-corrected chi connectivity index (χ3v) is 4.32. The standard InChI is InChI=1S/C17H13ClF2N4O2/c1-24-14(11-3-2-4-13-10(11)5-6-25-13)22-23-15(24)12-7-9(18)8-21-16(12)26-17(19)20/h2-4,7-8,17H,5-6H2,1H3. The molecule has 3 aromatic rings. The Morgan fingerprint density at radius 2 is 2.00 bits per heavy atom. The Kier molecular flexibility index (Phi) is 4.20. The van der Waals surface area contributed by atoms with E-state index >= 15 is 0 Å². The Morgan fingerprint density at radius 1 is 1.23 bits per heavy atom. The SMILES string of the molecule is Cn1c(-c2cc(Cl)cnc2OC(F)F)nnc1-c1cccc2c1CCO2. The summed E-state index contributed by atoms with van der Waals surface area (Å²) >= 11 is 5.98. The monoisotopic (exact) mass is 378 g/mol. The van der Waals surface area contributed by atoms with Crippen LogP contribution in [0, 0.1) is 0 Å². The summed E-state index contributed by atoms with van der Waals surface area (Å²) in [6, 6.07) is 7.17. The van der Waals surface area contributed by atoms with Crippen molar-refractivity contribution >= 4 is 11.6 Å². The lowest BCUT2D eigenvalue weighted by Crippen LogP contribution is -2.06. The number of hydrogen-bond donors (Lipinski definition) is 0. The zero-order chi connectivity index (χ0) is 18.3. The van der Waals surface area contributed by atoms with Crippen molar-refractivity contribution < 1.29 is 18.3 Å². The summed E-state index contributed by atoms with van der Waals surface area (Å²) in [4.78, 5) is 3.84. The van der Waals surface area contributed by atoms with E-state index in [-0.39, 0.29) is 16.5 Å². The second-order valence-electron chi connectivity index (χ2n) is 5.67. The van der Waals surface area contributed by atoms with Crippen molar-refractivity contribution in [3.05, 3.63) is 41.0 Å². The van der Waals surface area contributed by atoms with Gasteiger partial charge in [-0.05, 0) is 12.1 Å². The van der Waals surface area contributed by atoms with E-state index in [4.69, 9.17) is 16.3 Å². The van der Waals surface area contributed by atoms with Gasteiger partial charge in [-0.2, -0.15) is 8.78 Å². The predicted octanol–water partition coefficient (Wildman–Crippen LogP) is 3.73. The first-order valence-corrected chi connectivity index (χ1v) is 8.17. The minimum absolute atomic E-state index is 0.239. The number of aromatic nitrogens is 4. The smallest absolute Gasteiger partial charge is 0.388 e. The Balaban J connectivity index is 1.83. The zero-order valence-electron chi connectivity index (χ0n) is 13.6. The number of benzene rings is 1. The van der Waals surface area contributed by atoms with Gasteiger partial charge in [-0.3, -0.25) is 0 Å². The molecule has 1 aromatic carbocycles. The largest absolute Gasteiger partial charge is 0.493 e. The van der Waals surface area contributed by atoms with Crippen LogP contribution >= 0.6 is 11.6 Å². The summed E-state index contributed by atoms with van der Waals surface area (Å²) in [5, 5.41) is 8.66. The second-order valence-corrected chi connectivity index (χ2v) is 6.11. The molecular formula is C17H13ClF2N4O2. The molecule has 0 N–H and O–H groups in total. The fourth-order valence-electron chi connectivity index (χ4n) is 2.99. The molecule has 2 aromatic heterocycles. The van der Waals surface area contributed by atoms with Gasteiger partial charge < -0.3 is 14.0 Å². The van der Waals surface area contributed by atoms with Gasteiger partial charge in [0, 0.05) is 30.8 Å². The van der Waals surface area contributed by atoms with E-state index in [1.807, 2.05) is 18.2 Å². The van der Waals surface area contributed by atoms with Crippen LogP contribution < -0.4 is 9.47 Å². The van der Waals surface area contributed by atoms with Gasteiger partial charge in [-0.15, -0.1) is 10.2 Å². The molecule has 0 aliphatic carbocycles. The summed E-state index contributed by atoms with van der Waals surface area (Å²) in [6.45, 7) is -2.40. The predicted molar refractivity (Wildman–Crippen MR) is 90.5 cm³/mol. The first-order chi connectivity index (χ1) is 12.5. The number of ether oxygens (including phenoxy) is 2. The summed E-state index contributed by atoms with van der Waals surface area (Å²) in [5.41, 5.74) is 2.17. The highest BCUT2D eigenvalue weighted by atomic mass is 35.5. The fourth-order valence-corrected chi connectivity index (χ4v) is 3.15. The highest BCUT2D eigenvalue weighted by molar-refractivity contribution is 6.30. The summed E-state index contributed by atoms with van der Waals surface area (Å²) in [6.07, 6.45) is 2.01. The van der Waals surface area contributed by atoms with Crippen LogP contribution in [-0.2, 0) is 13.5 Å². The Bertz CT molecular complexity index is 977. The molecule has 6 nitrogen and oxygen atoms in total. The maximum Gasteiger partial charge on any atom is 0.388 e. The van der Waals surface area contributed by atoms with E-state index < -0.39 is 6.61 Å². The number of nitrogens with zero attached hydrogens (tertiary/aromatic N) is 4. The second kappa shape index (κ2) is 6.53. The van der Waals surface area contributed by atoms with Gasteiger partial charge in [0.05, 0.1) is 17.2 Å². The highest BCUT2D eigenvalue weighted by Gasteiger charge is 2.23.